The lowest BCUT2D eigenvalue weighted by atomic mass is 9.89. The van der Waals surface area contributed by atoms with Gasteiger partial charge in [0.05, 0.1) is 18.2 Å². The van der Waals surface area contributed by atoms with Crippen LogP contribution in [0.4, 0.5) is 4.39 Å². The van der Waals surface area contributed by atoms with Crippen LogP contribution in [0, 0.1) is 5.82 Å². The Morgan fingerprint density at radius 2 is 1.84 bits per heavy atom. The molecule has 5 nitrogen and oxygen atoms in total. The third kappa shape index (κ3) is 4.84. The number of rotatable bonds is 5. The molecule has 3 aromatic rings. The topological polar surface area (TPSA) is 67.2 Å². The van der Waals surface area contributed by atoms with Gasteiger partial charge in [-0.3, -0.25) is 9.48 Å². The number of halogens is 1. The number of amides is 1. The van der Waals surface area contributed by atoms with E-state index < -0.39 is 12.1 Å². The fourth-order valence-corrected chi connectivity index (χ4v) is 6.88. The van der Waals surface area contributed by atoms with Gasteiger partial charge in [-0.25, -0.2) is 4.39 Å². The summed E-state index contributed by atoms with van der Waals surface area (Å²) < 4.78 is 16.2. The van der Waals surface area contributed by atoms with Crippen LogP contribution in [-0.2, 0) is 19.3 Å². The first-order valence-corrected chi connectivity index (χ1v) is 14.0. The Morgan fingerprint density at radius 1 is 1.03 bits per heavy atom. The van der Waals surface area contributed by atoms with Crippen molar-refractivity contribution >= 4 is 5.91 Å². The van der Waals surface area contributed by atoms with Gasteiger partial charge in [-0.15, -0.1) is 0 Å². The summed E-state index contributed by atoms with van der Waals surface area (Å²) >= 11 is 0. The largest absolute Gasteiger partial charge is 0.390 e. The van der Waals surface area contributed by atoms with Crippen molar-refractivity contribution in [2.24, 2.45) is 0 Å². The van der Waals surface area contributed by atoms with Gasteiger partial charge in [0.15, 0.2) is 5.69 Å². The van der Waals surface area contributed by atoms with Gasteiger partial charge < -0.3 is 10.4 Å². The van der Waals surface area contributed by atoms with Crippen molar-refractivity contribution < 1.29 is 14.3 Å². The number of carbonyl (C=O) groups excluding carboxylic acids is 1. The summed E-state index contributed by atoms with van der Waals surface area (Å²) in [4.78, 5) is 13.8. The van der Waals surface area contributed by atoms with Crippen LogP contribution in [0.15, 0.2) is 48.5 Å². The summed E-state index contributed by atoms with van der Waals surface area (Å²) in [5.41, 5.74) is 5.83. The second-order valence-electron chi connectivity index (χ2n) is 11.1. The van der Waals surface area contributed by atoms with Crippen molar-refractivity contribution in [3.63, 3.8) is 0 Å². The van der Waals surface area contributed by atoms with Crippen LogP contribution in [0.2, 0.25) is 0 Å². The van der Waals surface area contributed by atoms with Gasteiger partial charge in [-0.05, 0) is 67.3 Å². The average molecular weight is 502 g/mol. The number of aromatic nitrogens is 2. The molecule has 1 saturated carbocycles. The minimum Gasteiger partial charge on any atom is -0.390 e. The zero-order valence-electron chi connectivity index (χ0n) is 21.3. The molecular weight excluding hydrogens is 465 g/mol. The number of nitrogens with zero attached hydrogens (tertiary/aromatic N) is 2. The first kappa shape index (κ1) is 24.4. The zero-order valence-corrected chi connectivity index (χ0v) is 21.3. The molecule has 0 radical (unpaired) electrons. The Bertz CT molecular complexity index is 1280. The molecule has 0 saturated heterocycles. The smallest absolute Gasteiger partial charge is 0.272 e. The summed E-state index contributed by atoms with van der Waals surface area (Å²) in [5.74, 6) is -0.200. The number of nitrogens with one attached hydrogen (secondary N) is 1. The van der Waals surface area contributed by atoms with Crippen LogP contribution in [0.3, 0.4) is 0 Å². The number of benzene rings is 2. The number of hydrogen-bond acceptors (Lipinski definition) is 3. The van der Waals surface area contributed by atoms with Gasteiger partial charge in [0.25, 0.3) is 5.91 Å². The van der Waals surface area contributed by atoms with Crippen molar-refractivity contribution in [1.29, 1.82) is 0 Å². The van der Waals surface area contributed by atoms with Crippen molar-refractivity contribution in [1.82, 2.24) is 15.1 Å². The normalized spacial score (nSPS) is 23.8. The molecule has 3 aliphatic carbocycles. The van der Waals surface area contributed by atoms with Crippen LogP contribution in [0.25, 0.3) is 0 Å². The number of fused-ring (bicyclic) bond motifs is 2. The summed E-state index contributed by atoms with van der Waals surface area (Å²) in [7, 11) is 0. The molecule has 37 heavy (non-hydrogen) atoms. The van der Waals surface area contributed by atoms with Gasteiger partial charge >= 0.3 is 0 Å². The van der Waals surface area contributed by atoms with Crippen LogP contribution in [-0.4, -0.2) is 26.9 Å². The fourth-order valence-electron chi connectivity index (χ4n) is 6.88. The standard InChI is InChI=1S/C31H36FN3O2/c32-23-12-8-9-20(18-23)17-22-11-5-7-16-26-29(34-35(30(22)26)24-13-2-1-3-14-24)31(37)33-28-25-15-6-4-10-21(25)19-27(28)36/h4,6,8-10,12,15,18,22,24,27-28,36H,1-3,5,7,11,13-14,16-17,19H2,(H,33,37)/t22-,27-,28+/m0/s1. The molecular formula is C31H36FN3O2. The highest BCUT2D eigenvalue weighted by molar-refractivity contribution is 5.94. The molecule has 6 heteroatoms. The van der Waals surface area contributed by atoms with E-state index in [0.717, 1.165) is 67.2 Å². The van der Waals surface area contributed by atoms with Gasteiger partial charge in [-0.2, -0.15) is 5.10 Å². The Labute approximate surface area is 218 Å². The highest BCUT2D eigenvalue weighted by Gasteiger charge is 2.36. The molecule has 2 N–H and O–H groups in total. The summed E-state index contributed by atoms with van der Waals surface area (Å²) in [6, 6.07) is 14.7. The van der Waals surface area contributed by atoms with Gasteiger partial charge in [0.1, 0.15) is 5.82 Å². The van der Waals surface area contributed by atoms with Gasteiger partial charge in [0.2, 0.25) is 0 Å². The maximum atomic E-state index is 14.0. The molecule has 1 aromatic heterocycles. The van der Waals surface area contributed by atoms with Crippen molar-refractivity contribution in [3.8, 4) is 0 Å². The first-order valence-electron chi connectivity index (χ1n) is 14.0. The highest BCUT2D eigenvalue weighted by Crippen LogP contribution is 2.40. The Morgan fingerprint density at radius 3 is 2.68 bits per heavy atom. The number of hydrogen-bond donors (Lipinski definition) is 2. The highest BCUT2D eigenvalue weighted by atomic mass is 19.1. The van der Waals surface area contributed by atoms with E-state index >= 15 is 0 Å². The SMILES string of the molecule is O=C(N[C@@H]1c2ccccc2C[C@@H]1O)c1nn(C2CCCCC2)c2c1CCCC[C@H]2Cc1cccc(F)c1. The lowest BCUT2D eigenvalue weighted by Crippen LogP contribution is -2.34. The maximum Gasteiger partial charge on any atom is 0.272 e. The number of aliphatic hydroxyl groups excluding tert-OH is 1. The maximum absolute atomic E-state index is 14.0. The number of aliphatic hydroxyl groups is 1. The monoisotopic (exact) mass is 501 g/mol. The average Bonchev–Trinajstić information content (AvgIpc) is 3.36. The quantitative estimate of drug-likeness (QED) is 0.424. The predicted octanol–water partition coefficient (Wildman–Crippen LogP) is 5.97. The van der Waals surface area contributed by atoms with Gasteiger partial charge in [0, 0.05) is 23.6 Å². The molecule has 1 heterocycles. The van der Waals surface area contributed by atoms with Gasteiger partial charge in [-0.1, -0.05) is 62.1 Å². The van der Waals surface area contributed by atoms with E-state index in [1.165, 1.54) is 31.0 Å². The lowest BCUT2D eigenvalue weighted by molar-refractivity contribution is 0.0851. The minimum absolute atomic E-state index is 0.196. The molecule has 1 amide bonds. The van der Waals surface area contributed by atoms with E-state index in [1.54, 1.807) is 12.1 Å². The molecule has 0 aliphatic heterocycles. The van der Waals surface area contributed by atoms with E-state index in [2.05, 4.69) is 10.00 Å². The second-order valence-corrected chi connectivity index (χ2v) is 11.1. The molecule has 6 rings (SSSR count). The summed E-state index contributed by atoms with van der Waals surface area (Å²) in [5, 5.41) is 18.9. The third-order valence-corrected chi connectivity index (χ3v) is 8.66. The zero-order chi connectivity index (χ0) is 25.4. The fraction of sp³-hybridized carbons (Fsp3) is 0.484. The van der Waals surface area contributed by atoms with E-state index in [1.807, 2.05) is 30.3 Å². The Hall–Kier alpha value is -2.99. The molecule has 3 atom stereocenters. The van der Waals surface area contributed by atoms with Crippen LogP contribution < -0.4 is 5.32 Å². The second kappa shape index (κ2) is 10.4. The van der Waals surface area contributed by atoms with Crippen LogP contribution in [0.1, 0.15) is 108 Å². The summed E-state index contributed by atoms with van der Waals surface area (Å²) in [6.45, 7) is 0. The van der Waals surface area contributed by atoms with Crippen LogP contribution >= 0.6 is 0 Å². The molecule has 194 valence electrons. The molecule has 0 bridgehead atoms. The number of carbonyl (C=O) groups is 1. The third-order valence-electron chi connectivity index (χ3n) is 8.66. The first-order chi connectivity index (χ1) is 18.1. The predicted molar refractivity (Wildman–Crippen MR) is 141 cm³/mol. The molecule has 3 aliphatic rings. The van der Waals surface area contributed by atoms with Crippen molar-refractivity contribution in [2.45, 2.75) is 94.7 Å². The van der Waals surface area contributed by atoms with Crippen molar-refractivity contribution in [3.05, 3.63) is 88.0 Å². The Kier molecular flexibility index (Phi) is 6.85. The molecule has 0 spiro atoms. The molecule has 1 fully saturated rings. The van der Waals surface area contributed by atoms with Crippen LogP contribution in [0.5, 0.6) is 0 Å². The van der Waals surface area contributed by atoms with Crippen molar-refractivity contribution in [2.75, 3.05) is 0 Å². The molecule has 2 aromatic carbocycles. The minimum atomic E-state index is -0.638. The Balaban J connectivity index is 1.37. The molecule has 0 unspecified atom stereocenters. The summed E-state index contributed by atoms with van der Waals surface area (Å²) in [6.07, 6.45) is 10.4. The van der Waals surface area contributed by atoms with E-state index in [0.29, 0.717) is 18.2 Å². The van der Waals surface area contributed by atoms with E-state index in [9.17, 15) is 14.3 Å². The van der Waals surface area contributed by atoms with E-state index in [4.69, 9.17) is 5.10 Å². The van der Waals surface area contributed by atoms with E-state index in [-0.39, 0.29) is 17.6 Å². The lowest BCUT2D eigenvalue weighted by Gasteiger charge is -2.27.